The molecule has 3 rings (SSSR count). The van der Waals surface area contributed by atoms with Crippen molar-refractivity contribution in [1.82, 2.24) is 4.90 Å². The minimum Gasteiger partial charge on any atom is -0.494 e. The molecule has 1 unspecified atom stereocenters. The van der Waals surface area contributed by atoms with Gasteiger partial charge in [-0.2, -0.15) is 0 Å². The molecular formula is C21H19FN2O3S2. The number of hydrogen-bond donors (Lipinski definition) is 1. The van der Waals surface area contributed by atoms with E-state index < -0.39 is 17.8 Å². The fourth-order valence-electron chi connectivity index (χ4n) is 2.71. The number of amides is 2. The normalized spacial score (nSPS) is 16.2. The first-order valence-corrected chi connectivity index (χ1v) is 10.2. The summed E-state index contributed by atoms with van der Waals surface area (Å²) in [5.41, 5.74) is 0.872. The van der Waals surface area contributed by atoms with Crippen molar-refractivity contribution in [1.29, 1.82) is 0 Å². The molecule has 0 saturated carbocycles. The van der Waals surface area contributed by atoms with Gasteiger partial charge in [-0.1, -0.05) is 42.2 Å². The second-order valence-corrected chi connectivity index (χ2v) is 7.87. The summed E-state index contributed by atoms with van der Waals surface area (Å²) in [5.74, 6) is -0.525. The Morgan fingerprint density at radius 1 is 1.28 bits per heavy atom. The van der Waals surface area contributed by atoms with Gasteiger partial charge in [0, 0.05) is 11.3 Å². The second-order valence-electron chi connectivity index (χ2n) is 6.20. The minimum atomic E-state index is -0.819. The van der Waals surface area contributed by atoms with Gasteiger partial charge in [-0.3, -0.25) is 14.5 Å². The van der Waals surface area contributed by atoms with Crippen molar-refractivity contribution in [2.24, 2.45) is 0 Å². The molecule has 8 heteroatoms. The highest BCUT2D eigenvalue weighted by Gasteiger charge is 2.38. The maximum absolute atomic E-state index is 13.9. The first kappa shape index (κ1) is 21.0. The van der Waals surface area contributed by atoms with Crippen molar-refractivity contribution in [3.05, 3.63) is 64.8 Å². The van der Waals surface area contributed by atoms with Crippen LogP contribution in [-0.2, 0) is 9.59 Å². The maximum Gasteiger partial charge on any atom is 0.266 e. The summed E-state index contributed by atoms with van der Waals surface area (Å²) in [5, 5.41) is 2.77. The molecule has 0 aromatic heterocycles. The number of nitrogens with one attached hydrogen (secondary N) is 1. The van der Waals surface area contributed by atoms with Crippen LogP contribution in [0.4, 0.5) is 10.1 Å². The number of thioether (sulfide) groups is 1. The van der Waals surface area contributed by atoms with Crippen molar-refractivity contribution < 1.29 is 18.7 Å². The van der Waals surface area contributed by atoms with E-state index in [0.29, 0.717) is 23.6 Å². The minimum absolute atomic E-state index is 0.256. The highest BCUT2D eigenvalue weighted by atomic mass is 32.2. The molecule has 150 valence electrons. The van der Waals surface area contributed by atoms with Crippen molar-refractivity contribution in [2.75, 3.05) is 11.9 Å². The highest BCUT2D eigenvalue weighted by Crippen LogP contribution is 2.34. The summed E-state index contributed by atoms with van der Waals surface area (Å²) in [4.78, 5) is 26.9. The summed E-state index contributed by atoms with van der Waals surface area (Å²) in [6.07, 6.45) is 1.45. The molecule has 1 atom stereocenters. The van der Waals surface area contributed by atoms with Gasteiger partial charge in [0.25, 0.3) is 5.91 Å². The Morgan fingerprint density at radius 2 is 1.97 bits per heavy atom. The van der Waals surface area contributed by atoms with E-state index in [9.17, 15) is 14.0 Å². The lowest BCUT2D eigenvalue weighted by molar-refractivity contribution is -0.129. The summed E-state index contributed by atoms with van der Waals surface area (Å²) in [6, 6.07) is 12.3. The number of hydrogen-bond acceptors (Lipinski definition) is 5. The fraction of sp³-hybridized carbons (Fsp3) is 0.190. The lowest BCUT2D eigenvalue weighted by Crippen LogP contribution is -2.44. The number of rotatable bonds is 6. The lowest BCUT2D eigenvalue weighted by atomic mass is 10.2. The number of benzene rings is 2. The van der Waals surface area contributed by atoms with Crippen molar-refractivity contribution >= 4 is 51.9 Å². The Kier molecular flexibility index (Phi) is 6.66. The Morgan fingerprint density at radius 3 is 2.62 bits per heavy atom. The van der Waals surface area contributed by atoms with Crippen LogP contribution in [0.25, 0.3) is 6.08 Å². The second kappa shape index (κ2) is 9.19. The van der Waals surface area contributed by atoms with E-state index in [4.69, 9.17) is 17.0 Å². The van der Waals surface area contributed by atoms with E-state index in [-0.39, 0.29) is 15.1 Å². The summed E-state index contributed by atoms with van der Waals surface area (Å²) < 4.78 is 19.5. The van der Waals surface area contributed by atoms with Crippen LogP contribution in [0.1, 0.15) is 19.4 Å². The van der Waals surface area contributed by atoms with E-state index >= 15 is 0 Å². The molecular weight excluding hydrogens is 411 g/mol. The van der Waals surface area contributed by atoms with Gasteiger partial charge in [0.1, 0.15) is 21.9 Å². The van der Waals surface area contributed by atoms with Crippen molar-refractivity contribution in [2.45, 2.75) is 19.9 Å². The van der Waals surface area contributed by atoms with Crippen molar-refractivity contribution in [3.8, 4) is 5.75 Å². The number of halogens is 1. The van der Waals surface area contributed by atoms with E-state index in [1.807, 2.05) is 6.92 Å². The van der Waals surface area contributed by atoms with Crippen LogP contribution in [0.5, 0.6) is 5.75 Å². The molecule has 29 heavy (non-hydrogen) atoms. The standard InChI is InChI=1S/C21H19FN2O3S2/c1-3-27-16-10-8-15(9-11-16)23-19(25)13(2)24-20(26)18(29-21(24)28)12-14-6-4-5-7-17(14)22/h4-13H,3H2,1-2H3,(H,23,25)/b18-12-. The predicted octanol–water partition coefficient (Wildman–Crippen LogP) is 4.45. The van der Waals surface area contributed by atoms with Gasteiger partial charge in [-0.05, 0) is 50.3 Å². The average Bonchev–Trinajstić information content (AvgIpc) is 2.98. The zero-order valence-corrected chi connectivity index (χ0v) is 17.5. The number of ether oxygens (including phenoxy) is 1. The zero-order valence-electron chi connectivity index (χ0n) is 15.8. The molecule has 2 aromatic carbocycles. The molecule has 1 heterocycles. The van der Waals surface area contributed by atoms with Gasteiger partial charge in [-0.25, -0.2) is 4.39 Å². The van der Waals surface area contributed by atoms with Gasteiger partial charge in [0.15, 0.2) is 0 Å². The molecule has 1 aliphatic heterocycles. The fourth-order valence-corrected chi connectivity index (χ4v) is 4.12. The summed E-state index contributed by atoms with van der Waals surface area (Å²) >= 11 is 6.34. The SMILES string of the molecule is CCOc1ccc(NC(=O)C(C)N2C(=O)/C(=C/c3ccccc3F)SC2=S)cc1. The Balaban J connectivity index is 1.72. The van der Waals surface area contributed by atoms with Crippen LogP contribution in [0.3, 0.4) is 0 Å². The number of carbonyl (C=O) groups excluding carboxylic acids is 2. The van der Waals surface area contributed by atoms with Crippen LogP contribution in [0.2, 0.25) is 0 Å². The third-order valence-corrected chi connectivity index (χ3v) is 5.55. The van der Waals surface area contributed by atoms with E-state index in [1.54, 1.807) is 49.4 Å². The van der Waals surface area contributed by atoms with E-state index in [2.05, 4.69) is 5.32 Å². The largest absolute Gasteiger partial charge is 0.494 e. The lowest BCUT2D eigenvalue weighted by Gasteiger charge is -2.22. The summed E-state index contributed by atoms with van der Waals surface area (Å²) in [6.45, 7) is 4.04. The van der Waals surface area contributed by atoms with Crippen LogP contribution >= 0.6 is 24.0 Å². The molecule has 1 saturated heterocycles. The Labute approximate surface area is 177 Å². The van der Waals surface area contributed by atoms with Gasteiger partial charge < -0.3 is 10.1 Å². The predicted molar refractivity (Wildman–Crippen MR) is 117 cm³/mol. The zero-order chi connectivity index (χ0) is 21.0. The Hall–Kier alpha value is -2.71. The highest BCUT2D eigenvalue weighted by molar-refractivity contribution is 8.26. The van der Waals surface area contributed by atoms with Crippen LogP contribution in [-0.4, -0.2) is 33.7 Å². The quantitative estimate of drug-likeness (QED) is 0.542. The molecule has 2 aromatic rings. The number of nitrogens with zero attached hydrogens (tertiary/aromatic N) is 1. The molecule has 5 nitrogen and oxygen atoms in total. The molecule has 0 spiro atoms. The van der Waals surface area contributed by atoms with Crippen molar-refractivity contribution in [3.63, 3.8) is 0 Å². The number of thiocarbonyl (C=S) groups is 1. The third kappa shape index (κ3) is 4.83. The maximum atomic E-state index is 13.9. The monoisotopic (exact) mass is 430 g/mol. The van der Waals surface area contributed by atoms with Gasteiger partial charge in [0.2, 0.25) is 5.91 Å². The smallest absolute Gasteiger partial charge is 0.266 e. The van der Waals surface area contributed by atoms with E-state index in [1.165, 1.54) is 17.0 Å². The van der Waals surface area contributed by atoms with E-state index in [0.717, 1.165) is 11.8 Å². The third-order valence-electron chi connectivity index (χ3n) is 4.21. The van der Waals surface area contributed by atoms with Crippen LogP contribution in [0.15, 0.2) is 53.4 Å². The van der Waals surface area contributed by atoms with Gasteiger partial charge in [0.05, 0.1) is 11.5 Å². The average molecular weight is 431 g/mol. The molecule has 1 fully saturated rings. The molecule has 0 aliphatic carbocycles. The first-order chi connectivity index (χ1) is 13.9. The molecule has 1 aliphatic rings. The first-order valence-electron chi connectivity index (χ1n) is 8.96. The number of carbonyl (C=O) groups is 2. The van der Waals surface area contributed by atoms with Crippen LogP contribution in [0, 0.1) is 5.82 Å². The Bertz CT molecular complexity index is 976. The topological polar surface area (TPSA) is 58.6 Å². The molecule has 0 bridgehead atoms. The summed E-state index contributed by atoms with van der Waals surface area (Å²) in [7, 11) is 0. The van der Waals surface area contributed by atoms with Gasteiger partial charge >= 0.3 is 0 Å². The van der Waals surface area contributed by atoms with Crippen LogP contribution < -0.4 is 10.1 Å². The molecule has 0 radical (unpaired) electrons. The number of anilines is 1. The molecule has 2 amide bonds. The van der Waals surface area contributed by atoms with Gasteiger partial charge in [-0.15, -0.1) is 0 Å². The molecule has 1 N–H and O–H groups in total.